The van der Waals surface area contributed by atoms with Crippen LogP contribution in [0.4, 0.5) is 4.79 Å². The van der Waals surface area contributed by atoms with Crippen molar-refractivity contribution in [3.8, 4) is 0 Å². The van der Waals surface area contributed by atoms with E-state index < -0.39 is 0 Å². The second-order valence-electron chi connectivity index (χ2n) is 9.51. The molecule has 0 spiro atoms. The molecule has 2 saturated heterocycles. The van der Waals surface area contributed by atoms with Gasteiger partial charge in [-0.2, -0.15) is 0 Å². The standard InChI is InChI=1S/C27H33NO3/c1-19(2)15-20-11-13-22(14-12-20)26(29)23-16-24-9-6-10-25(17-23)28(24)27(30)31-18-21-7-4-3-5-8-21/h3-5,7-8,11-14,19,23-25H,6,9-10,15-18H2,1-2H3. The first-order valence-corrected chi connectivity index (χ1v) is 11.6. The van der Waals surface area contributed by atoms with Crippen LogP contribution in [0.15, 0.2) is 54.6 Å². The minimum atomic E-state index is -0.234. The van der Waals surface area contributed by atoms with Gasteiger partial charge in [-0.3, -0.25) is 4.79 Å². The van der Waals surface area contributed by atoms with Gasteiger partial charge in [-0.05, 0) is 55.6 Å². The zero-order valence-corrected chi connectivity index (χ0v) is 18.6. The lowest BCUT2D eigenvalue weighted by atomic mass is 9.76. The normalized spacial score (nSPS) is 22.9. The zero-order chi connectivity index (χ0) is 21.8. The summed E-state index contributed by atoms with van der Waals surface area (Å²) in [6.45, 7) is 4.70. The van der Waals surface area contributed by atoms with Gasteiger partial charge < -0.3 is 9.64 Å². The summed E-state index contributed by atoms with van der Waals surface area (Å²) in [6.07, 6.45) is 5.29. The Kier molecular flexibility index (Phi) is 6.74. The first kappa shape index (κ1) is 21.6. The van der Waals surface area contributed by atoms with E-state index in [0.717, 1.165) is 49.7 Å². The van der Waals surface area contributed by atoms with Crippen molar-refractivity contribution in [3.63, 3.8) is 0 Å². The highest BCUT2D eigenvalue weighted by atomic mass is 16.6. The Labute approximate surface area is 185 Å². The number of carbonyl (C=O) groups excluding carboxylic acids is 2. The van der Waals surface area contributed by atoms with Crippen LogP contribution in [0.2, 0.25) is 0 Å². The Bertz CT molecular complexity index is 876. The van der Waals surface area contributed by atoms with E-state index in [-0.39, 0.29) is 29.9 Å². The molecule has 2 aliphatic heterocycles. The monoisotopic (exact) mass is 419 g/mol. The molecule has 1 amide bonds. The molecule has 2 heterocycles. The third-order valence-corrected chi connectivity index (χ3v) is 6.64. The number of nitrogens with zero attached hydrogens (tertiary/aromatic N) is 1. The van der Waals surface area contributed by atoms with Crippen molar-refractivity contribution in [2.45, 2.75) is 71.1 Å². The maximum absolute atomic E-state index is 13.2. The largest absolute Gasteiger partial charge is 0.445 e. The molecule has 164 valence electrons. The van der Waals surface area contributed by atoms with Crippen molar-refractivity contribution in [2.75, 3.05) is 0 Å². The lowest BCUT2D eigenvalue weighted by Crippen LogP contribution is -2.55. The molecule has 0 N–H and O–H groups in total. The predicted molar refractivity (Wildman–Crippen MR) is 122 cm³/mol. The maximum Gasteiger partial charge on any atom is 0.410 e. The molecule has 0 aliphatic carbocycles. The van der Waals surface area contributed by atoms with Gasteiger partial charge >= 0.3 is 6.09 Å². The molecule has 4 nitrogen and oxygen atoms in total. The van der Waals surface area contributed by atoms with Crippen LogP contribution in [-0.2, 0) is 17.8 Å². The third-order valence-electron chi connectivity index (χ3n) is 6.64. The Morgan fingerprint density at radius 2 is 1.58 bits per heavy atom. The van der Waals surface area contributed by atoms with E-state index in [2.05, 4.69) is 26.0 Å². The lowest BCUT2D eigenvalue weighted by molar-refractivity contribution is 0.00473. The molecule has 2 bridgehead atoms. The quantitative estimate of drug-likeness (QED) is 0.537. The van der Waals surface area contributed by atoms with Gasteiger partial charge in [0.2, 0.25) is 0 Å². The number of fused-ring (bicyclic) bond motifs is 2. The van der Waals surface area contributed by atoms with Crippen molar-refractivity contribution in [2.24, 2.45) is 11.8 Å². The highest BCUT2D eigenvalue weighted by molar-refractivity contribution is 5.98. The Morgan fingerprint density at radius 1 is 0.935 bits per heavy atom. The summed E-state index contributed by atoms with van der Waals surface area (Å²) in [7, 11) is 0. The van der Waals surface area contributed by atoms with Crippen molar-refractivity contribution >= 4 is 11.9 Å². The molecular formula is C27H33NO3. The molecule has 2 aromatic carbocycles. The van der Waals surface area contributed by atoms with Gasteiger partial charge in [0, 0.05) is 23.6 Å². The van der Waals surface area contributed by atoms with E-state index in [4.69, 9.17) is 4.74 Å². The second kappa shape index (κ2) is 9.67. The smallest absolute Gasteiger partial charge is 0.410 e. The molecule has 2 atom stereocenters. The van der Waals surface area contributed by atoms with Crippen molar-refractivity contribution in [3.05, 3.63) is 71.3 Å². The fourth-order valence-electron chi connectivity index (χ4n) is 5.20. The molecule has 2 aromatic rings. The summed E-state index contributed by atoms with van der Waals surface area (Å²) < 4.78 is 5.63. The first-order chi connectivity index (χ1) is 15.0. The maximum atomic E-state index is 13.2. The Morgan fingerprint density at radius 3 is 2.19 bits per heavy atom. The van der Waals surface area contributed by atoms with Crippen LogP contribution >= 0.6 is 0 Å². The average Bonchev–Trinajstić information content (AvgIpc) is 2.77. The average molecular weight is 420 g/mol. The summed E-state index contributed by atoms with van der Waals surface area (Å²) in [4.78, 5) is 28.0. The second-order valence-corrected chi connectivity index (χ2v) is 9.51. The Balaban J connectivity index is 1.39. The molecule has 31 heavy (non-hydrogen) atoms. The number of ether oxygens (including phenoxy) is 1. The minimum Gasteiger partial charge on any atom is -0.445 e. The molecule has 4 heteroatoms. The van der Waals surface area contributed by atoms with Crippen LogP contribution in [0.3, 0.4) is 0 Å². The van der Waals surface area contributed by atoms with Gasteiger partial charge in [-0.25, -0.2) is 4.79 Å². The summed E-state index contributed by atoms with van der Waals surface area (Å²) >= 11 is 0. The number of hydrogen-bond acceptors (Lipinski definition) is 3. The van der Waals surface area contributed by atoms with Crippen LogP contribution in [0.5, 0.6) is 0 Å². The van der Waals surface area contributed by atoms with Crippen molar-refractivity contribution < 1.29 is 14.3 Å². The van der Waals surface area contributed by atoms with Gasteiger partial charge in [0.15, 0.2) is 5.78 Å². The molecule has 0 radical (unpaired) electrons. The van der Waals surface area contributed by atoms with E-state index in [1.807, 2.05) is 47.4 Å². The third kappa shape index (κ3) is 5.17. The van der Waals surface area contributed by atoms with E-state index in [1.165, 1.54) is 5.56 Å². The number of ketones is 1. The van der Waals surface area contributed by atoms with Gasteiger partial charge in [0.1, 0.15) is 6.61 Å². The molecule has 0 aromatic heterocycles. The minimum absolute atomic E-state index is 0.00979. The number of rotatable bonds is 6. The number of amides is 1. The molecular weight excluding hydrogens is 386 g/mol. The van der Waals surface area contributed by atoms with E-state index in [9.17, 15) is 9.59 Å². The molecule has 2 fully saturated rings. The van der Waals surface area contributed by atoms with E-state index >= 15 is 0 Å². The van der Waals surface area contributed by atoms with E-state index in [1.54, 1.807) is 0 Å². The summed E-state index contributed by atoms with van der Waals surface area (Å²) in [5, 5.41) is 0. The highest BCUT2D eigenvalue weighted by Crippen LogP contribution is 2.38. The SMILES string of the molecule is CC(C)Cc1ccc(C(=O)C2CC3CCCC(C2)N3C(=O)OCc2ccccc2)cc1. The first-order valence-electron chi connectivity index (χ1n) is 11.6. The number of benzene rings is 2. The van der Waals surface area contributed by atoms with Gasteiger partial charge in [0.25, 0.3) is 0 Å². The number of carbonyl (C=O) groups is 2. The van der Waals surface area contributed by atoms with Crippen LogP contribution in [-0.4, -0.2) is 28.9 Å². The fraction of sp³-hybridized carbons (Fsp3) is 0.481. The summed E-state index contributed by atoms with van der Waals surface area (Å²) in [5.41, 5.74) is 3.07. The van der Waals surface area contributed by atoms with Crippen LogP contribution in [0.25, 0.3) is 0 Å². The van der Waals surface area contributed by atoms with Gasteiger partial charge in [-0.15, -0.1) is 0 Å². The predicted octanol–water partition coefficient (Wildman–Crippen LogP) is 6.04. The van der Waals surface area contributed by atoms with Crippen LogP contribution < -0.4 is 0 Å². The van der Waals surface area contributed by atoms with Crippen LogP contribution in [0.1, 0.15) is 67.4 Å². The van der Waals surface area contributed by atoms with Crippen molar-refractivity contribution in [1.82, 2.24) is 4.90 Å². The fourth-order valence-corrected chi connectivity index (χ4v) is 5.20. The van der Waals surface area contributed by atoms with Gasteiger partial charge in [-0.1, -0.05) is 68.4 Å². The van der Waals surface area contributed by atoms with Gasteiger partial charge in [0.05, 0.1) is 0 Å². The molecule has 0 saturated carbocycles. The summed E-state index contributed by atoms with van der Waals surface area (Å²) in [6, 6.07) is 18.1. The molecule has 2 aliphatic rings. The van der Waals surface area contributed by atoms with E-state index in [0.29, 0.717) is 12.5 Å². The number of Topliss-reactive ketones (excluding diaryl/α,β-unsaturated/α-hetero) is 1. The molecule has 2 unspecified atom stereocenters. The topological polar surface area (TPSA) is 46.6 Å². The number of hydrogen-bond donors (Lipinski definition) is 0. The zero-order valence-electron chi connectivity index (χ0n) is 18.6. The van der Waals surface area contributed by atoms with Crippen molar-refractivity contribution in [1.29, 1.82) is 0 Å². The number of piperidine rings is 2. The highest BCUT2D eigenvalue weighted by Gasteiger charge is 2.43. The Hall–Kier alpha value is -2.62. The van der Waals surface area contributed by atoms with Crippen LogP contribution in [0, 0.1) is 11.8 Å². The molecule has 4 rings (SSSR count). The lowest BCUT2D eigenvalue weighted by Gasteiger charge is -2.47. The summed E-state index contributed by atoms with van der Waals surface area (Å²) in [5.74, 6) is 0.821.